The molecule has 3 amide bonds. The second kappa shape index (κ2) is 4.59. The first-order chi connectivity index (χ1) is 11.3. The molecule has 0 spiro atoms. The van der Waals surface area contributed by atoms with Crippen LogP contribution in [-0.4, -0.2) is 47.3 Å². The van der Waals surface area contributed by atoms with Crippen LogP contribution >= 0.6 is 0 Å². The second-order valence-electron chi connectivity index (χ2n) is 7.50. The van der Waals surface area contributed by atoms with E-state index in [1.54, 1.807) is 0 Å². The number of nitrogens with zero attached hydrogens (tertiary/aromatic N) is 3. The number of hydrogen-bond acceptors (Lipinski definition) is 4. The molecule has 0 aliphatic carbocycles. The van der Waals surface area contributed by atoms with Crippen LogP contribution < -0.4 is 5.01 Å². The van der Waals surface area contributed by atoms with Crippen LogP contribution in [-0.2, 0) is 20.8 Å². The third kappa shape index (κ3) is 1.68. The van der Waals surface area contributed by atoms with Crippen molar-refractivity contribution in [2.24, 2.45) is 5.41 Å². The normalized spacial score (nSPS) is 27.5. The van der Waals surface area contributed by atoms with Gasteiger partial charge in [-0.15, -0.1) is 0 Å². The van der Waals surface area contributed by atoms with Crippen LogP contribution in [0.5, 0.6) is 0 Å². The first kappa shape index (κ1) is 15.2. The van der Waals surface area contributed by atoms with Gasteiger partial charge >= 0.3 is 0 Å². The summed E-state index contributed by atoms with van der Waals surface area (Å²) in [4.78, 5) is 39.5. The molecular formula is C18H21N3O3. The molecule has 1 aromatic rings. The van der Waals surface area contributed by atoms with E-state index in [2.05, 4.69) is 6.92 Å². The van der Waals surface area contributed by atoms with E-state index in [1.807, 2.05) is 37.1 Å². The van der Waals surface area contributed by atoms with Gasteiger partial charge in [0, 0.05) is 7.05 Å². The smallest absolute Gasteiger partial charge is 0.255 e. The molecule has 1 aromatic carbocycles. The average molecular weight is 327 g/mol. The summed E-state index contributed by atoms with van der Waals surface area (Å²) in [6, 6.07) is 5.27. The molecule has 24 heavy (non-hydrogen) atoms. The Morgan fingerprint density at radius 3 is 2.54 bits per heavy atom. The molecule has 6 heteroatoms. The van der Waals surface area contributed by atoms with E-state index in [0.29, 0.717) is 6.54 Å². The molecule has 2 fully saturated rings. The number of carbonyl (C=O) groups is 3. The van der Waals surface area contributed by atoms with Gasteiger partial charge < -0.3 is 0 Å². The van der Waals surface area contributed by atoms with Crippen molar-refractivity contribution in [1.29, 1.82) is 0 Å². The zero-order chi connectivity index (χ0) is 17.4. The van der Waals surface area contributed by atoms with Gasteiger partial charge in [0.25, 0.3) is 5.91 Å². The van der Waals surface area contributed by atoms with Gasteiger partial charge in [0.2, 0.25) is 11.8 Å². The van der Waals surface area contributed by atoms with Crippen molar-refractivity contribution in [2.75, 3.05) is 18.6 Å². The SMILES string of the molecule is CCc1ccc2c(c1)C1C(=O)N(C)C(=O)C1N1C(=O)C(C)(C)CN21. The van der Waals surface area contributed by atoms with Crippen molar-refractivity contribution in [3.8, 4) is 0 Å². The van der Waals surface area contributed by atoms with Crippen molar-refractivity contribution in [1.82, 2.24) is 9.91 Å². The Morgan fingerprint density at radius 2 is 1.88 bits per heavy atom. The third-order valence-corrected chi connectivity index (χ3v) is 5.46. The summed E-state index contributed by atoms with van der Waals surface area (Å²) in [7, 11) is 1.50. The zero-order valence-corrected chi connectivity index (χ0v) is 14.4. The molecular weight excluding hydrogens is 306 g/mol. The fourth-order valence-corrected chi connectivity index (χ4v) is 4.07. The lowest BCUT2D eigenvalue weighted by molar-refractivity contribution is -0.144. The number of likely N-dealkylation sites (N-methyl/N-ethyl adjacent to an activating group) is 1. The fourth-order valence-electron chi connectivity index (χ4n) is 4.07. The Kier molecular flexibility index (Phi) is 2.90. The number of anilines is 1. The number of rotatable bonds is 1. The molecule has 0 aromatic heterocycles. The highest BCUT2D eigenvalue weighted by Gasteiger charge is 2.61. The summed E-state index contributed by atoms with van der Waals surface area (Å²) in [6.07, 6.45) is 0.858. The molecule has 4 rings (SSSR count). The number of likely N-dealkylation sites (tertiary alicyclic amines) is 1. The van der Waals surface area contributed by atoms with Crippen LogP contribution in [0, 0.1) is 5.41 Å². The Hall–Kier alpha value is -2.37. The second-order valence-corrected chi connectivity index (χ2v) is 7.50. The van der Waals surface area contributed by atoms with E-state index < -0.39 is 17.4 Å². The maximum Gasteiger partial charge on any atom is 0.255 e. The lowest BCUT2D eigenvalue weighted by atomic mass is 9.88. The van der Waals surface area contributed by atoms with Gasteiger partial charge in [0.15, 0.2) is 0 Å². The van der Waals surface area contributed by atoms with Gasteiger partial charge in [-0.25, -0.2) is 5.01 Å². The molecule has 3 aliphatic heterocycles. The van der Waals surface area contributed by atoms with Crippen LogP contribution in [0.25, 0.3) is 0 Å². The van der Waals surface area contributed by atoms with Gasteiger partial charge in [-0.2, -0.15) is 0 Å². The molecule has 3 heterocycles. The van der Waals surface area contributed by atoms with E-state index in [0.717, 1.165) is 23.2 Å². The highest BCUT2D eigenvalue weighted by Crippen LogP contribution is 2.48. The van der Waals surface area contributed by atoms with E-state index >= 15 is 0 Å². The number of hydrogen-bond donors (Lipinski definition) is 0. The molecule has 0 radical (unpaired) electrons. The number of imide groups is 1. The minimum atomic E-state index is -0.753. The fraction of sp³-hybridized carbons (Fsp3) is 0.500. The number of aryl methyl sites for hydroxylation is 1. The summed E-state index contributed by atoms with van der Waals surface area (Å²) < 4.78 is 0. The number of carbonyl (C=O) groups excluding carboxylic acids is 3. The van der Waals surface area contributed by atoms with Crippen molar-refractivity contribution >= 4 is 23.4 Å². The van der Waals surface area contributed by atoms with Crippen LogP contribution in [0.1, 0.15) is 37.8 Å². The highest BCUT2D eigenvalue weighted by molar-refractivity contribution is 6.12. The molecule has 2 saturated heterocycles. The molecule has 2 unspecified atom stereocenters. The number of benzene rings is 1. The maximum atomic E-state index is 12.9. The summed E-state index contributed by atoms with van der Waals surface area (Å²) >= 11 is 0. The Labute approximate surface area is 141 Å². The van der Waals surface area contributed by atoms with Crippen molar-refractivity contribution < 1.29 is 14.4 Å². The lowest BCUT2D eigenvalue weighted by Crippen LogP contribution is -2.55. The molecule has 126 valence electrons. The third-order valence-electron chi connectivity index (χ3n) is 5.46. The molecule has 3 aliphatic rings. The molecule has 0 bridgehead atoms. The predicted octanol–water partition coefficient (Wildman–Crippen LogP) is 1.30. The van der Waals surface area contributed by atoms with Gasteiger partial charge in [-0.1, -0.05) is 19.1 Å². The molecule has 0 N–H and O–H groups in total. The van der Waals surface area contributed by atoms with Crippen molar-refractivity contribution in [3.05, 3.63) is 29.3 Å². The maximum absolute atomic E-state index is 12.9. The van der Waals surface area contributed by atoms with Gasteiger partial charge in [-0.3, -0.25) is 24.3 Å². The summed E-state index contributed by atoms with van der Waals surface area (Å²) in [5, 5.41) is 3.42. The molecule has 6 nitrogen and oxygen atoms in total. The lowest BCUT2D eigenvalue weighted by Gasteiger charge is -2.41. The number of fused-ring (bicyclic) bond motifs is 6. The predicted molar refractivity (Wildman–Crippen MR) is 88.1 cm³/mol. The first-order valence-corrected chi connectivity index (χ1v) is 8.33. The van der Waals surface area contributed by atoms with Gasteiger partial charge in [0.05, 0.1) is 23.6 Å². The summed E-state index contributed by atoms with van der Waals surface area (Å²) in [5.74, 6) is -1.22. The average Bonchev–Trinajstić information content (AvgIpc) is 2.93. The van der Waals surface area contributed by atoms with Gasteiger partial charge in [0.1, 0.15) is 6.04 Å². The largest absolute Gasteiger partial charge is 0.283 e. The zero-order valence-electron chi connectivity index (χ0n) is 14.4. The summed E-state index contributed by atoms with van der Waals surface area (Å²) in [5.41, 5.74) is 2.27. The summed E-state index contributed by atoms with van der Waals surface area (Å²) in [6.45, 7) is 6.34. The van der Waals surface area contributed by atoms with Gasteiger partial charge in [-0.05, 0) is 37.5 Å². The topological polar surface area (TPSA) is 60.9 Å². The van der Waals surface area contributed by atoms with Crippen LogP contribution in [0.3, 0.4) is 0 Å². The number of hydrazine groups is 1. The standard InChI is InChI=1S/C18H21N3O3/c1-5-10-6-7-12-11(8-10)13-14(16(23)19(4)15(13)22)21-17(24)18(2,3)9-20(12)21/h6-8,13-14H,5,9H2,1-4H3. The Balaban J connectivity index is 1.96. The van der Waals surface area contributed by atoms with E-state index in [4.69, 9.17) is 0 Å². The van der Waals surface area contributed by atoms with E-state index in [1.165, 1.54) is 17.0 Å². The van der Waals surface area contributed by atoms with Crippen molar-refractivity contribution in [2.45, 2.75) is 39.2 Å². The molecule has 2 atom stereocenters. The molecule has 0 saturated carbocycles. The first-order valence-electron chi connectivity index (χ1n) is 8.33. The highest BCUT2D eigenvalue weighted by atomic mass is 16.2. The van der Waals surface area contributed by atoms with Crippen molar-refractivity contribution in [3.63, 3.8) is 0 Å². The number of amides is 3. The Morgan fingerprint density at radius 1 is 1.17 bits per heavy atom. The Bertz CT molecular complexity index is 786. The minimum absolute atomic E-state index is 0.0980. The van der Waals surface area contributed by atoms with Crippen LogP contribution in [0.15, 0.2) is 18.2 Å². The quantitative estimate of drug-likeness (QED) is 0.730. The monoisotopic (exact) mass is 327 g/mol. The van der Waals surface area contributed by atoms with Crippen LogP contribution in [0.2, 0.25) is 0 Å². The van der Waals surface area contributed by atoms with E-state index in [9.17, 15) is 14.4 Å². The van der Waals surface area contributed by atoms with Crippen LogP contribution in [0.4, 0.5) is 5.69 Å². The van der Waals surface area contributed by atoms with E-state index in [-0.39, 0.29) is 17.7 Å². The minimum Gasteiger partial charge on any atom is -0.283 e.